The summed E-state index contributed by atoms with van der Waals surface area (Å²) in [6.07, 6.45) is 5.87. The van der Waals surface area contributed by atoms with Gasteiger partial charge in [0.15, 0.2) is 11.4 Å². The predicted octanol–water partition coefficient (Wildman–Crippen LogP) is 1.60. The topological polar surface area (TPSA) is 71.9 Å². The molecule has 1 aliphatic rings. The molecule has 1 heterocycles. The summed E-state index contributed by atoms with van der Waals surface area (Å²) in [6, 6.07) is 5.63. The first-order valence-electron chi connectivity index (χ1n) is 5.58. The Labute approximate surface area is 95.0 Å². The van der Waals surface area contributed by atoms with Gasteiger partial charge in [0, 0.05) is 12.2 Å². The molecule has 1 aromatic rings. The number of pyridine rings is 1. The molecule has 1 aliphatic carbocycles. The minimum atomic E-state index is 0.0186. The highest BCUT2D eigenvalue weighted by molar-refractivity contribution is 5.36. The van der Waals surface area contributed by atoms with Crippen molar-refractivity contribution in [2.45, 2.75) is 37.8 Å². The molecule has 0 aliphatic heterocycles. The van der Waals surface area contributed by atoms with Crippen molar-refractivity contribution in [3.8, 4) is 11.8 Å². The van der Waals surface area contributed by atoms with E-state index in [9.17, 15) is 0 Å². The second kappa shape index (κ2) is 4.95. The molecule has 0 amide bonds. The minimum Gasteiger partial charge on any atom is -0.486 e. The van der Waals surface area contributed by atoms with Gasteiger partial charge in [-0.3, -0.25) is 0 Å². The van der Waals surface area contributed by atoms with Crippen LogP contribution in [0.1, 0.15) is 31.4 Å². The first kappa shape index (κ1) is 10.9. The molecule has 2 unspecified atom stereocenters. The summed E-state index contributed by atoms with van der Waals surface area (Å²) in [5.41, 5.74) is 6.32. The molecule has 0 aromatic carbocycles. The van der Waals surface area contributed by atoms with Crippen LogP contribution in [0.25, 0.3) is 0 Å². The Morgan fingerprint density at radius 3 is 3.00 bits per heavy atom. The molecule has 0 bridgehead atoms. The first-order valence-corrected chi connectivity index (χ1v) is 5.58. The van der Waals surface area contributed by atoms with Crippen LogP contribution < -0.4 is 10.5 Å². The van der Waals surface area contributed by atoms with Crippen molar-refractivity contribution in [1.82, 2.24) is 4.98 Å². The second-order valence-corrected chi connectivity index (χ2v) is 4.07. The third kappa shape index (κ3) is 2.31. The second-order valence-electron chi connectivity index (χ2n) is 4.07. The van der Waals surface area contributed by atoms with Crippen molar-refractivity contribution in [2.24, 2.45) is 5.73 Å². The predicted molar refractivity (Wildman–Crippen MR) is 59.8 cm³/mol. The van der Waals surface area contributed by atoms with Gasteiger partial charge in [0.1, 0.15) is 12.2 Å². The zero-order chi connectivity index (χ0) is 11.4. The highest BCUT2D eigenvalue weighted by Crippen LogP contribution is 2.24. The van der Waals surface area contributed by atoms with Crippen molar-refractivity contribution < 1.29 is 4.74 Å². The maximum absolute atomic E-state index is 8.89. The molecule has 0 spiro atoms. The molecule has 1 fully saturated rings. The number of rotatable bonds is 2. The molecule has 2 atom stereocenters. The van der Waals surface area contributed by atoms with Gasteiger partial charge in [0.05, 0.1) is 0 Å². The average molecular weight is 217 g/mol. The molecule has 16 heavy (non-hydrogen) atoms. The van der Waals surface area contributed by atoms with Crippen LogP contribution in [0, 0.1) is 11.3 Å². The highest BCUT2D eigenvalue weighted by atomic mass is 16.5. The molecule has 4 nitrogen and oxygen atoms in total. The summed E-state index contributed by atoms with van der Waals surface area (Å²) in [6.45, 7) is 0. The van der Waals surface area contributed by atoms with Crippen molar-refractivity contribution in [3.05, 3.63) is 24.0 Å². The Balaban J connectivity index is 2.11. The zero-order valence-corrected chi connectivity index (χ0v) is 9.10. The summed E-state index contributed by atoms with van der Waals surface area (Å²) in [4.78, 5) is 3.96. The lowest BCUT2D eigenvalue weighted by Crippen LogP contribution is -2.41. The summed E-state index contributed by atoms with van der Waals surface area (Å²) in [5.74, 6) is 0.548. The van der Waals surface area contributed by atoms with E-state index in [-0.39, 0.29) is 12.1 Å². The van der Waals surface area contributed by atoms with Gasteiger partial charge in [0.2, 0.25) is 0 Å². The molecule has 2 rings (SSSR count). The van der Waals surface area contributed by atoms with E-state index in [1.165, 1.54) is 6.42 Å². The number of aromatic nitrogens is 1. The number of hydrogen-bond acceptors (Lipinski definition) is 4. The van der Waals surface area contributed by atoms with E-state index in [1.807, 2.05) is 6.07 Å². The normalized spacial score (nSPS) is 24.8. The minimum absolute atomic E-state index is 0.0186. The molecule has 4 heteroatoms. The molecule has 0 saturated heterocycles. The summed E-state index contributed by atoms with van der Waals surface area (Å²) < 4.78 is 5.78. The Morgan fingerprint density at radius 1 is 1.44 bits per heavy atom. The molecule has 1 aromatic heterocycles. The quantitative estimate of drug-likeness (QED) is 0.816. The van der Waals surface area contributed by atoms with Crippen molar-refractivity contribution in [1.29, 1.82) is 5.26 Å². The molecular formula is C12H15N3O. The van der Waals surface area contributed by atoms with Crippen LogP contribution in [0.5, 0.6) is 5.75 Å². The number of hydrogen-bond donors (Lipinski definition) is 1. The Bertz CT molecular complexity index is 399. The van der Waals surface area contributed by atoms with Crippen LogP contribution in [-0.4, -0.2) is 17.1 Å². The lowest BCUT2D eigenvalue weighted by atomic mass is 9.93. The van der Waals surface area contributed by atoms with Crippen molar-refractivity contribution >= 4 is 0 Å². The maximum Gasteiger partial charge on any atom is 0.182 e. The molecule has 0 radical (unpaired) electrons. The van der Waals surface area contributed by atoms with E-state index in [0.29, 0.717) is 11.4 Å². The highest BCUT2D eigenvalue weighted by Gasteiger charge is 2.24. The Morgan fingerprint density at radius 2 is 2.25 bits per heavy atom. The van der Waals surface area contributed by atoms with Crippen molar-refractivity contribution in [2.75, 3.05) is 0 Å². The third-order valence-corrected chi connectivity index (χ3v) is 2.91. The largest absolute Gasteiger partial charge is 0.486 e. The molecular weight excluding hydrogens is 202 g/mol. The summed E-state index contributed by atoms with van der Waals surface area (Å²) >= 11 is 0. The van der Waals surface area contributed by atoms with E-state index >= 15 is 0 Å². The smallest absolute Gasteiger partial charge is 0.182 e. The van der Waals surface area contributed by atoms with Crippen molar-refractivity contribution in [3.63, 3.8) is 0 Å². The number of nitrogens with two attached hydrogens (primary N) is 1. The SMILES string of the molecule is N#Cc1ncccc1OC1CCCCC1N. The maximum atomic E-state index is 8.89. The Hall–Kier alpha value is -1.60. The zero-order valence-electron chi connectivity index (χ0n) is 9.10. The fraction of sp³-hybridized carbons (Fsp3) is 0.500. The van der Waals surface area contributed by atoms with Gasteiger partial charge in [-0.25, -0.2) is 4.98 Å². The van der Waals surface area contributed by atoms with Gasteiger partial charge in [-0.05, 0) is 31.4 Å². The number of nitrogens with zero attached hydrogens (tertiary/aromatic N) is 2. The fourth-order valence-electron chi connectivity index (χ4n) is 2.00. The first-order chi connectivity index (χ1) is 7.81. The number of ether oxygens (including phenoxy) is 1. The summed E-state index contributed by atoms with van der Waals surface area (Å²) in [5, 5.41) is 8.89. The van der Waals surface area contributed by atoms with Crippen LogP contribution >= 0.6 is 0 Å². The third-order valence-electron chi connectivity index (χ3n) is 2.91. The molecule has 2 N–H and O–H groups in total. The average Bonchev–Trinajstić information content (AvgIpc) is 2.33. The molecule has 1 saturated carbocycles. The standard InChI is InChI=1S/C12H15N3O/c13-8-10-12(6-3-7-15-10)16-11-5-2-1-4-9(11)14/h3,6-7,9,11H,1-2,4-5,14H2. The Kier molecular flexibility index (Phi) is 3.37. The fourth-order valence-corrected chi connectivity index (χ4v) is 2.00. The monoisotopic (exact) mass is 217 g/mol. The lowest BCUT2D eigenvalue weighted by molar-refractivity contribution is 0.131. The van der Waals surface area contributed by atoms with E-state index < -0.39 is 0 Å². The lowest BCUT2D eigenvalue weighted by Gasteiger charge is -2.29. The van der Waals surface area contributed by atoms with E-state index in [2.05, 4.69) is 4.98 Å². The van der Waals surface area contributed by atoms with Crippen LogP contribution in [0.3, 0.4) is 0 Å². The van der Waals surface area contributed by atoms with Gasteiger partial charge in [0.25, 0.3) is 0 Å². The van der Waals surface area contributed by atoms with Crippen LogP contribution in [0.15, 0.2) is 18.3 Å². The van der Waals surface area contributed by atoms with Gasteiger partial charge in [-0.1, -0.05) is 6.42 Å². The molecule has 84 valence electrons. The number of nitriles is 1. The van der Waals surface area contributed by atoms with Crippen LogP contribution in [-0.2, 0) is 0 Å². The van der Waals surface area contributed by atoms with Gasteiger partial charge < -0.3 is 10.5 Å². The van der Waals surface area contributed by atoms with Gasteiger partial charge in [-0.15, -0.1) is 0 Å². The van der Waals surface area contributed by atoms with E-state index in [1.54, 1.807) is 18.3 Å². The van der Waals surface area contributed by atoms with E-state index in [4.69, 9.17) is 15.7 Å². The van der Waals surface area contributed by atoms with Gasteiger partial charge >= 0.3 is 0 Å². The summed E-state index contributed by atoms with van der Waals surface area (Å²) in [7, 11) is 0. The van der Waals surface area contributed by atoms with E-state index in [0.717, 1.165) is 19.3 Å². The van der Waals surface area contributed by atoms with Crippen LogP contribution in [0.2, 0.25) is 0 Å². The van der Waals surface area contributed by atoms with Crippen LogP contribution in [0.4, 0.5) is 0 Å². The van der Waals surface area contributed by atoms with Gasteiger partial charge in [-0.2, -0.15) is 5.26 Å².